The van der Waals surface area contributed by atoms with Crippen LogP contribution in [0.2, 0.25) is 0 Å². The lowest BCUT2D eigenvalue weighted by molar-refractivity contribution is -0.122. The molecule has 5 heteroatoms. The number of urea groups is 1. The summed E-state index contributed by atoms with van der Waals surface area (Å²) in [6.07, 6.45) is 2.77. The van der Waals surface area contributed by atoms with E-state index in [1.54, 1.807) is 12.1 Å². The largest absolute Gasteiger partial charge is 0.329 e. The van der Waals surface area contributed by atoms with Crippen LogP contribution in [0.5, 0.6) is 0 Å². The van der Waals surface area contributed by atoms with Gasteiger partial charge in [0.25, 0.3) is 5.91 Å². The maximum absolute atomic E-state index is 13.4. The highest BCUT2D eigenvalue weighted by atomic mass is 19.1. The molecule has 1 aliphatic heterocycles. The van der Waals surface area contributed by atoms with E-state index < -0.39 is 17.8 Å². The lowest BCUT2D eigenvalue weighted by atomic mass is 10.2. The minimum absolute atomic E-state index is 0.0620. The molecule has 1 fully saturated rings. The molecule has 3 amide bonds. The van der Waals surface area contributed by atoms with E-state index >= 15 is 0 Å². The van der Waals surface area contributed by atoms with Gasteiger partial charge in [0.15, 0.2) is 0 Å². The quantitative estimate of drug-likeness (QED) is 0.503. The number of hydrogen-bond donors (Lipinski definition) is 1. The molecule has 92 valence electrons. The average Bonchev–Trinajstić information content (AvgIpc) is 2.60. The lowest BCUT2D eigenvalue weighted by Gasteiger charge is -2.06. The summed E-state index contributed by atoms with van der Waals surface area (Å²) in [5, 5.41) is 2.40. The van der Waals surface area contributed by atoms with Crippen LogP contribution in [0.15, 0.2) is 42.6 Å². The number of imide groups is 1. The fraction of sp³-hybridized carbons (Fsp3) is 0.0769. The van der Waals surface area contributed by atoms with Crippen molar-refractivity contribution in [1.82, 2.24) is 10.2 Å². The monoisotopic (exact) mass is 246 g/mol. The van der Waals surface area contributed by atoms with Crippen molar-refractivity contribution >= 4 is 18.0 Å². The van der Waals surface area contributed by atoms with Crippen molar-refractivity contribution in [3.63, 3.8) is 0 Å². The van der Waals surface area contributed by atoms with Crippen molar-refractivity contribution in [1.29, 1.82) is 0 Å². The molecule has 1 saturated heterocycles. The Kier molecular flexibility index (Phi) is 3.23. The third kappa shape index (κ3) is 2.15. The molecule has 0 aliphatic carbocycles. The van der Waals surface area contributed by atoms with E-state index in [9.17, 15) is 14.0 Å². The zero-order valence-electron chi connectivity index (χ0n) is 9.52. The number of carbonyl (C=O) groups is 2. The summed E-state index contributed by atoms with van der Waals surface area (Å²) in [5.74, 6) is -0.933. The number of rotatable bonds is 3. The second-order valence-electron chi connectivity index (χ2n) is 3.71. The van der Waals surface area contributed by atoms with Gasteiger partial charge in [-0.3, -0.25) is 9.69 Å². The zero-order valence-corrected chi connectivity index (χ0v) is 9.52. The predicted molar refractivity (Wildman–Crippen MR) is 64.8 cm³/mol. The van der Waals surface area contributed by atoms with Crippen molar-refractivity contribution < 1.29 is 14.0 Å². The van der Waals surface area contributed by atoms with Gasteiger partial charge in [0.2, 0.25) is 0 Å². The number of carbonyl (C=O) groups excluding carboxylic acids is 2. The Labute approximate surface area is 103 Å². The van der Waals surface area contributed by atoms with Crippen LogP contribution in [0, 0.1) is 5.82 Å². The summed E-state index contributed by atoms with van der Waals surface area (Å²) in [6.45, 7) is 3.59. The molecule has 0 bridgehead atoms. The SMILES string of the molecule is C=CCN1C(=O)NC(=Cc2ccccc2F)C1=O. The number of benzene rings is 1. The summed E-state index contributed by atoms with van der Waals surface area (Å²) in [4.78, 5) is 24.3. The van der Waals surface area contributed by atoms with Crippen molar-refractivity contribution in [3.8, 4) is 0 Å². The normalized spacial score (nSPS) is 17.2. The molecule has 0 aromatic heterocycles. The fourth-order valence-corrected chi connectivity index (χ4v) is 1.61. The number of amides is 3. The van der Waals surface area contributed by atoms with Crippen LogP contribution in [0.4, 0.5) is 9.18 Å². The average molecular weight is 246 g/mol. The molecular weight excluding hydrogens is 235 g/mol. The topological polar surface area (TPSA) is 49.4 Å². The first-order chi connectivity index (χ1) is 8.63. The molecule has 4 nitrogen and oxygen atoms in total. The van der Waals surface area contributed by atoms with Gasteiger partial charge < -0.3 is 5.32 Å². The van der Waals surface area contributed by atoms with Gasteiger partial charge >= 0.3 is 6.03 Å². The molecule has 1 N–H and O–H groups in total. The Hall–Kier alpha value is -2.43. The predicted octanol–water partition coefficient (Wildman–Crippen LogP) is 1.90. The van der Waals surface area contributed by atoms with Crippen LogP contribution in [-0.4, -0.2) is 23.4 Å². The summed E-state index contributed by atoms with van der Waals surface area (Å²) in [6, 6.07) is 5.49. The van der Waals surface area contributed by atoms with Crippen LogP contribution in [-0.2, 0) is 4.79 Å². The second kappa shape index (κ2) is 4.83. The smallest absolute Gasteiger partial charge is 0.303 e. The maximum Gasteiger partial charge on any atom is 0.329 e. The van der Waals surface area contributed by atoms with E-state index in [-0.39, 0.29) is 17.8 Å². The summed E-state index contributed by atoms with van der Waals surface area (Å²) >= 11 is 0. The Bertz CT molecular complexity index is 552. The minimum atomic E-state index is -0.525. The van der Waals surface area contributed by atoms with E-state index in [1.165, 1.54) is 24.3 Å². The van der Waals surface area contributed by atoms with E-state index in [1.807, 2.05) is 0 Å². The fourth-order valence-electron chi connectivity index (χ4n) is 1.61. The van der Waals surface area contributed by atoms with Crippen LogP contribution in [0.25, 0.3) is 6.08 Å². The molecule has 0 radical (unpaired) electrons. The summed E-state index contributed by atoms with van der Waals surface area (Å²) < 4.78 is 13.4. The molecule has 0 saturated carbocycles. The van der Waals surface area contributed by atoms with Gasteiger partial charge in [0, 0.05) is 12.1 Å². The highest BCUT2D eigenvalue weighted by Crippen LogP contribution is 2.15. The maximum atomic E-state index is 13.4. The van der Waals surface area contributed by atoms with Gasteiger partial charge in [0.05, 0.1) is 0 Å². The molecule has 0 atom stereocenters. The molecule has 0 spiro atoms. The Balaban J connectivity index is 2.31. The molecule has 1 aliphatic rings. The second-order valence-corrected chi connectivity index (χ2v) is 3.71. The van der Waals surface area contributed by atoms with Crippen molar-refractivity contribution in [2.45, 2.75) is 0 Å². The van der Waals surface area contributed by atoms with Crippen LogP contribution in [0.3, 0.4) is 0 Å². The Morgan fingerprint density at radius 1 is 1.33 bits per heavy atom. The van der Waals surface area contributed by atoms with Gasteiger partial charge in [-0.05, 0) is 12.1 Å². The number of hydrogen-bond acceptors (Lipinski definition) is 2. The van der Waals surface area contributed by atoms with Gasteiger partial charge in [0.1, 0.15) is 11.5 Å². The molecule has 1 aromatic carbocycles. The number of nitrogens with zero attached hydrogens (tertiary/aromatic N) is 1. The van der Waals surface area contributed by atoms with Gasteiger partial charge in [-0.2, -0.15) is 0 Å². The van der Waals surface area contributed by atoms with E-state index in [4.69, 9.17) is 0 Å². The van der Waals surface area contributed by atoms with E-state index in [0.29, 0.717) is 0 Å². The molecular formula is C13H11FN2O2. The van der Waals surface area contributed by atoms with Crippen LogP contribution in [0.1, 0.15) is 5.56 Å². The molecule has 0 unspecified atom stereocenters. The van der Waals surface area contributed by atoms with Crippen LogP contribution < -0.4 is 5.32 Å². The number of halogens is 1. The first kappa shape index (κ1) is 12.0. The highest BCUT2D eigenvalue weighted by molar-refractivity contribution is 6.14. The third-order valence-corrected chi connectivity index (χ3v) is 2.48. The summed E-state index contributed by atoms with van der Waals surface area (Å²) in [5.41, 5.74) is 0.313. The standard InChI is InChI=1S/C13H11FN2O2/c1-2-7-16-12(17)11(15-13(16)18)8-9-5-3-4-6-10(9)14/h2-6,8H,1,7H2,(H,15,18). The van der Waals surface area contributed by atoms with E-state index in [0.717, 1.165) is 4.90 Å². The summed E-state index contributed by atoms with van der Waals surface area (Å²) in [7, 11) is 0. The number of nitrogens with one attached hydrogen (secondary N) is 1. The third-order valence-electron chi connectivity index (χ3n) is 2.48. The zero-order chi connectivity index (χ0) is 13.1. The minimum Gasteiger partial charge on any atom is -0.303 e. The van der Waals surface area contributed by atoms with Crippen LogP contribution >= 0.6 is 0 Å². The Morgan fingerprint density at radius 3 is 2.72 bits per heavy atom. The molecule has 18 heavy (non-hydrogen) atoms. The molecule has 1 heterocycles. The van der Waals surface area contributed by atoms with Crippen molar-refractivity contribution in [2.75, 3.05) is 6.54 Å². The lowest BCUT2D eigenvalue weighted by Crippen LogP contribution is -2.30. The first-order valence-corrected chi connectivity index (χ1v) is 5.33. The van der Waals surface area contributed by atoms with Crippen molar-refractivity contribution in [2.24, 2.45) is 0 Å². The highest BCUT2D eigenvalue weighted by Gasteiger charge is 2.32. The Morgan fingerprint density at radius 2 is 2.06 bits per heavy atom. The van der Waals surface area contributed by atoms with Gasteiger partial charge in [-0.15, -0.1) is 6.58 Å². The molecule has 1 aromatic rings. The van der Waals surface area contributed by atoms with E-state index in [2.05, 4.69) is 11.9 Å². The van der Waals surface area contributed by atoms with Gasteiger partial charge in [-0.25, -0.2) is 9.18 Å². The first-order valence-electron chi connectivity index (χ1n) is 5.33. The van der Waals surface area contributed by atoms with Crippen molar-refractivity contribution in [3.05, 3.63) is 54.0 Å². The molecule has 2 rings (SSSR count). The van der Waals surface area contributed by atoms with Gasteiger partial charge in [-0.1, -0.05) is 24.3 Å².